The normalized spacial score (nSPS) is 22.5. The van der Waals surface area contributed by atoms with Crippen LogP contribution in [0.25, 0.3) is 11.0 Å². The Kier molecular flexibility index (Phi) is 3.92. The van der Waals surface area contributed by atoms with Crippen LogP contribution in [0.1, 0.15) is 18.7 Å². The average molecular weight is 287 g/mol. The van der Waals surface area contributed by atoms with Crippen molar-refractivity contribution in [2.45, 2.75) is 19.3 Å². The Bertz CT molecular complexity index is 650. The third-order valence-electron chi connectivity index (χ3n) is 4.53. The van der Waals surface area contributed by atoms with E-state index >= 15 is 0 Å². The molecule has 0 unspecified atom stereocenters. The number of carboxylic acids is 1. The summed E-state index contributed by atoms with van der Waals surface area (Å²) in [6.07, 6.45) is 2.02. The molecule has 0 bridgehead atoms. The number of benzene rings is 1. The van der Waals surface area contributed by atoms with Crippen molar-refractivity contribution in [3.05, 3.63) is 30.1 Å². The van der Waals surface area contributed by atoms with Gasteiger partial charge < -0.3 is 15.0 Å². The van der Waals surface area contributed by atoms with Crippen LogP contribution in [0.3, 0.4) is 0 Å². The lowest BCUT2D eigenvalue weighted by Gasteiger charge is -2.31. The molecule has 1 aliphatic rings. The van der Waals surface area contributed by atoms with Gasteiger partial charge in [0.1, 0.15) is 5.82 Å². The second kappa shape index (κ2) is 5.85. The van der Waals surface area contributed by atoms with Crippen molar-refractivity contribution in [3.8, 4) is 0 Å². The zero-order chi connectivity index (χ0) is 14.8. The third kappa shape index (κ3) is 2.93. The fourth-order valence-electron chi connectivity index (χ4n) is 3.32. The quantitative estimate of drug-likeness (QED) is 0.900. The van der Waals surface area contributed by atoms with Gasteiger partial charge in [-0.05, 0) is 43.5 Å². The van der Waals surface area contributed by atoms with Gasteiger partial charge in [0, 0.05) is 19.9 Å². The monoisotopic (exact) mass is 287 g/mol. The van der Waals surface area contributed by atoms with E-state index in [9.17, 15) is 4.79 Å². The molecule has 2 N–H and O–H groups in total. The molecule has 1 aromatic heterocycles. The summed E-state index contributed by atoms with van der Waals surface area (Å²) >= 11 is 0. The largest absolute Gasteiger partial charge is 0.481 e. The molecule has 2 atom stereocenters. The van der Waals surface area contributed by atoms with Crippen molar-refractivity contribution < 1.29 is 9.90 Å². The molecule has 1 saturated heterocycles. The molecule has 2 heterocycles. The number of aliphatic carboxylic acids is 1. The van der Waals surface area contributed by atoms with Crippen LogP contribution in [0, 0.1) is 11.8 Å². The third-order valence-corrected chi connectivity index (χ3v) is 4.53. The molecule has 0 saturated carbocycles. The van der Waals surface area contributed by atoms with Crippen LogP contribution >= 0.6 is 0 Å². The van der Waals surface area contributed by atoms with Crippen LogP contribution < -0.4 is 5.32 Å². The van der Waals surface area contributed by atoms with Crippen LogP contribution in [0.4, 0.5) is 0 Å². The summed E-state index contributed by atoms with van der Waals surface area (Å²) in [5.41, 5.74) is 2.14. The fourth-order valence-corrected chi connectivity index (χ4v) is 3.32. The number of carbonyl (C=O) groups is 1. The summed E-state index contributed by atoms with van der Waals surface area (Å²) in [4.78, 5) is 15.7. The first-order valence-electron chi connectivity index (χ1n) is 7.48. The molecule has 5 nitrogen and oxygen atoms in total. The first-order valence-corrected chi connectivity index (χ1v) is 7.48. The van der Waals surface area contributed by atoms with E-state index in [1.54, 1.807) is 0 Å². The number of carboxylic acid groups (broad SMARTS) is 1. The molecule has 0 spiro atoms. The van der Waals surface area contributed by atoms with Crippen LogP contribution in [0.15, 0.2) is 24.3 Å². The van der Waals surface area contributed by atoms with E-state index in [-0.39, 0.29) is 12.3 Å². The van der Waals surface area contributed by atoms with Gasteiger partial charge in [0.25, 0.3) is 0 Å². The van der Waals surface area contributed by atoms with Gasteiger partial charge in [-0.1, -0.05) is 12.1 Å². The molecular weight excluding hydrogens is 266 g/mol. The van der Waals surface area contributed by atoms with Crippen molar-refractivity contribution in [2.75, 3.05) is 13.1 Å². The Hall–Kier alpha value is -1.88. The predicted octanol–water partition coefficient (Wildman–Crippen LogP) is 1.82. The SMILES string of the molecule is Cn1c(C[C@H]2CNCC[C@H]2CC(=O)O)nc2ccccc21. The number of fused-ring (bicyclic) bond motifs is 1. The highest BCUT2D eigenvalue weighted by atomic mass is 16.4. The van der Waals surface area contributed by atoms with E-state index in [2.05, 4.69) is 16.0 Å². The van der Waals surface area contributed by atoms with Gasteiger partial charge in [0.15, 0.2) is 0 Å². The van der Waals surface area contributed by atoms with Crippen LogP contribution in [-0.2, 0) is 18.3 Å². The molecule has 1 fully saturated rings. The topological polar surface area (TPSA) is 67.2 Å². The van der Waals surface area contributed by atoms with E-state index in [0.29, 0.717) is 5.92 Å². The molecule has 0 aliphatic carbocycles. The molecule has 112 valence electrons. The van der Waals surface area contributed by atoms with Gasteiger partial charge in [-0.25, -0.2) is 4.98 Å². The molecule has 5 heteroatoms. The number of aromatic nitrogens is 2. The molecule has 1 aromatic carbocycles. The van der Waals surface area contributed by atoms with Gasteiger partial charge in [-0.3, -0.25) is 4.79 Å². The highest BCUT2D eigenvalue weighted by molar-refractivity contribution is 5.75. The number of para-hydroxylation sites is 2. The molecule has 3 rings (SSSR count). The minimum absolute atomic E-state index is 0.239. The molecule has 0 amide bonds. The summed E-state index contributed by atoms with van der Waals surface area (Å²) in [5, 5.41) is 12.5. The minimum Gasteiger partial charge on any atom is -0.481 e. The lowest BCUT2D eigenvalue weighted by atomic mass is 9.82. The number of hydrogen-bond donors (Lipinski definition) is 2. The number of hydrogen-bond acceptors (Lipinski definition) is 3. The zero-order valence-electron chi connectivity index (χ0n) is 12.2. The summed E-state index contributed by atoms with van der Waals surface area (Å²) in [7, 11) is 2.03. The van der Waals surface area contributed by atoms with E-state index in [4.69, 9.17) is 10.1 Å². The highest BCUT2D eigenvalue weighted by Gasteiger charge is 2.28. The maximum absolute atomic E-state index is 11.0. The number of nitrogens with one attached hydrogen (secondary N) is 1. The van der Waals surface area contributed by atoms with Crippen molar-refractivity contribution in [2.24, 2.45) is 18.9 Å². The van der Waals surface area contributed by atoms with Crippen LogP contribution in [0.2, 0.25) is 0 Å². The number of piperidine rings is 1. The van der Waals surface area contributed by atoms with Crippen molar-refractivity contribution >= 4 is 17.0 Å². The fraction of sp³-hybridized carbons (Fsp3) is 0.500. The van der Waals surface area contributed by atoms with Crippen LogP contribution in [0.5, 0.6) is 0 Å². The zero-order valence-corrected chi connectivity index (χ0v) is 12.2. The van der Waals surface area contributed by atoms with Crippen molar-refractivity contribution in [1.82, 2.24) is 14.9 Å². The standard InChI is InChI=1S/C16H21N3O2/c1-19-14-5-3-2-4-13(14)18-15(19)8-12-10-17-7-6-11(12)9-16(20)21/h2-5,11-12,17H,6-10H2,1H3,(H,20,21)/t11-,12-/m0/s1. The van der Waals surface area contributed by atoms with E-state index in [0.717, 1.165) is 42.8 Å². The summed E-state index contributed by atoms with van der Waals surface area (Å²) in [6.45, 7) is 1.79. The first-order chi connectivity index (χ1) is 10.1. The van der Waals surface area contributed by atoms with E-state index < -0.39 is 5.97 Å². The van der Waals surface area contributed by atoms with E-state index in [1.165, 1.54) is 0 Å². The highest BCUT2D eigenvalue weighted by Crippen LogP contribution is 2.27. The Labute approximate surface area is 124 Å². The van der Waals surface area contributed by atoms with Gasteiger partial charge >= 0.3 is 5.97 Å². The van der Waals surface area contributed by atoms with Gasteiger partial charge in [0.05, 0.1) is 11.0 Å². The summed E-state index contributed by atoms with van der Waals surface area (Å²) < 4.78 is 2.13. The molecule has 21 heavy (non-hydrogen) atoms. The molecule has 1 aliphatic heterocycles. The molecule has 2 aromatic rings. The van der Waals surface area contributed by atoms with Crippen molar-refractivity contribution in [1.29, 1.82) is 0 Å². The predicted molar refractivity (Wildman–Crippen MR) is 81.1 cm³/mol. The summed E-state index contributed by atoms with van der Waals surface area (Å²) in [6, 6.07) is 8.10. The Morgan fingerprint density at radius 2 is 2.24 bits per heavy atom. The van der Waals surface area contributed by atoms with Gasteiger partial charge in [0.2, 0.25) is 0 Å². The first kappa shape index (κ1) is 14.1. The Morgan fingerprint density at radius 3 is 3.00 bits per heavy atom. The Morgan fingerprint density at radius 1 is 1.43 bits per heavy atom. The summed E-state index contributed by atoms with van der Waals surface area (Å²) in [5.74, 6) is 0.922. The second-order valence-corrected chi connectivity index (χ2v) is 5.89. The Balaban J connectivity index is 1.82. The average Bonchev–Trinajstić information content (AvgIpc) is 2.78. The van der Waals surface area contributed by atoms with Crippen molar-refractivity contribution in [3.63, 3.8) is 0 Å². The van der Waals surface area contributed by atoms with Crippen LogP contribution in [-0.4, -0.2) is 33.7 Å². The molecular formula is C16H21N3O2. The maximum Gasteiger partial charge on any atom is 0.303 e. The van der Waals surface area contributed by atoms with Gasteiger partial charge in [-0.2, -0.15) is 0 Å². The van der Waals surface area contributed by atoms with E-state index in [1.807, 2.05) is 25.2 Å². The second-order valence-electron chi connectivity index (χ2n) is 5.89. The lowest BCUT2D eigenvalue weighted by Crippen LogP contribution is -2.39. The number of rotatable bonds is 4. The van der Waals surface area contributed by atoms with Gasteiger partial charge in [-0.15, -0.1) is 0 Å². The number of imidazole rings is 1. The smallest absolute Gasteiger partial charge is 0.303 e. The molecule has 0 radical (unpaired) electrons. The number of nitrogens with zero attached hydrogens (tertiary/aromatic N) is 2. The maximum atomic E-state index is 11.0. The number of aryl methyl sites for hydroxylation is 1. The minimum atomic E-state index is -0.697. The lowest BCUT2D eigenvalue weighted by molar-refractivity contribution is -0.138.